The van der Waals surface area contributed by atoms with Gasteiger partial charge < -0.3 is 0 Å². The van der Waals surface area contributed by atoms with E-state index in [0.717, 1.165) is 0 Å². The van der Waals surface area contributed by atoms with E-state index in [2.05, 4.69) is 20.9 Å². The molecule has 0 aliphatic heterocycles. The fraction of sp³-hybridized carbons (Fsp3) is 0. The summed E-state index contributed by atoms with van der Waals surface area (Å²) >= 11 is 3.13. The van der Waals surface area contributed by atoms with E-state index in [4.69, 9.17) is 0 Å². The van der Waals surface area contributed by atoms with E-state index in [-0.39, 0.29) is 11.1 Å². The third kappa shape index (κ3) is 1.32. The van der Waals surface area contributed by atoms with Crippen LogP contribution in [0.2, 0.25) is 0 Å². The van der Waals surface area contributed by atoms with Gasteiger partial charge in [0.2, 0.25) is 0 Å². The van der Waals surface area contributed by atoms with Crippen molar-refractivity contribution in [2.24, 2.45) is 0 Å². The minimum atomic E-state index is -0.579. The maximum absolute atomic E-state index is 13.6. The van der Waals surface area contributed by atoms with Crippen LogP contribution in [-0.2, 0) is 0 Å². The van der Waals surface area contributed by atoms with E-state index in [9.17, 15) is 9.18 Å². The average Bonchev–Trinajstić information content (AvgIpc) is 2.18. The van der Waals surface area contributed by atoms with Gasteiger partial charge in [0.05, 0.1) is 5.56 Å². The van der Waals surface area contributed by atoms with Crippen LogP contribution in [0.4, 0.5) is 4.39 Å². The highest BCUT2D eigenvalue weighted by molar-refractivity contribution is 9.10. The first kappa shape index (κ1) is 9.27. The van der Waals surface area contributed by atoms with Crippen molar-refractivity contribution in [3.8, 4) is 0 Å². The zero-order valence-corrected chi connectivity index (χ0v) is 8.58. The minimum Gasteiger partial charge on any atom is -0.298 e. The molecule has 1 aromatic carbocycles. The normalized spacial score (nSPS) is 10.4. The van der Waals surface area contributed by atoms with Crippen LogP contribution >= 0.6 is 15.9 Å². The number of aldehydes is 1. The fourth-order valence-corrected chi connectivity index (χ4v) is 1.79. The number of hydrogen-bond acceptors (Lipinski definition) is 2. The first-order chi connectivity index (χ1) is 6.74. The van der Waals surface area contributed by atoms with Crippen LogP contribution in [0.1, 0.15) is 10.4 Å². The molecule has 14 heavy (non-hydrogen) atoms. The topological polar surface area (TPSA) is 30.0 Å². The molecule has 1 aromatic heterocycles. The van der Waals surface area contributed by atoms with Crippen LogP contribution in [0.5, 0.6) is 0 Å². The van der Waals surface area contributed by atoms with E-state index in [1.54, 1.807) is 18.2 Å². The summed E-state index contributed by atoms with van der Waals surface area (Å²) in [6, 6.07) is 5.13. The number of fused-ring (bicyclic) bond motifs is 1. The van der Waals surface area contributed by atoms with E-state index in [1.807, 2.05) is 0 Å². The molecule has 0 aliphatic carbocycles. The Morgan fingerprint density at radius 2 is 2.29 bits per heavy atom. The van der Waals surface area contributed by atoms with E-state index < -0.39 is 5.82 Å². The van der Waals surface area contributed by atoms with Crippen molar-refractivity contribution < 1.29 is 9.18 Å². The molecule has 0 unspecified atom stereocenters. The molecule has 2 aromatic rings. The summed E-state index contributed by atoms with van der Waals surface area (Å²) in [5.74, 6) is -0.579. The lowest BCUT2D eigenvalue weighted by atomic mass is 10.1. The molecule has 0 aliphatic rings. The van der Waals surface area contributed by atoms with Gasteiger partial charge in [-0.25, -0.2) is 4.39 Å². The molecule has 0 bridgehead atoms. The molecule has 0 saturated carbocycles. The first-order valence-corrected chi connectivity index (χ1v) is 4.71. The maximum Gasteiger partial charge on any atom is 0.161 e. The summed E-state index contributed by atoms with van der Waals surface area (Å²) in [4.78, 5) is 14.5. The molecular weight excluding hydrogens is 249 g/mol. The van der Waals surface area contributed by atoms with Crippen molar-refractivity contribution >= 4 is 33.1 Å². The number of aromatic nitrogens is 1. The Balaban J connectivity index is 2.92. The van der Waals surface area contributed by atoms with Gasteiger partial charge in [-0.15, -0.1) is 0 Å². The predicted octanol–water partition coefficient (Wildman–Crippen LogP) is 2.95. The highest BCUT2D eigenvalue weighted by Gasteiger charge is 2.11. The van der Waals surface area contributed by atoms with Gasteiger partial charge in [-0.05, 0) is 28.1 Å². The number of carbonyl (C=O) groups excluding carboxylic acids is 1. The van der Waals surface area contributed by atoms with Crippen LogP contribution < -0.4 is 0 Å². The standard InChI is InChI=1S/C10H5BrFNO/c11-8-4-6-2-1-3-13-10(6)9(12)7(8)5-14/h1-5H. The lowest BCUT2D eigenvalue weighted by Gasteiger charge is -2.02. The predicted molar refractivity (Wildman–Crippen MR) is 54.8 cm³/mol. The second-order valence-electron chi connectivity index (χ2n) is 2.78. The molecule has 0 amide bonds. The number of halogens is 2. The SMILES string of the molecule is O=Cc1c(Br)cc2cccnc2c1F. The van der Waals surface area contributed by atoms with Crippen LogP contribution in [0.25, 0.3) is 10.9 Å². The molecule has 0 saturated heterocycles. The Morgan fingerprint density at radius 1 is 1.50 bits per heavy atom. The Bertz CT molecular complexity index is 513. The van der Waals surface area contributed by atoms with Crippen molar-refractivity contribution in [1.82, 2.24) is 4.98 Å². The van der Waals surface area contributed by atoms with Gasteiger partial charge in [0.1, 0.15) is 5.52 Å². The van der Waals surface area contributed by atoms with Gasteiger partial charge in [-0.3, -0.25) is 9.78 Å². The summed E-state index contributed by atoms with van der Waals surface area (Å²) in [7, 11) is 0. The summed E-state index contributed by atoms with van der Waals surface area (Å²) in [5.41, 5.74) is 0.231. The molecule has 1 heterocycles. The quantitative estimate of drug-likeness (QED) is 0.732. The zero-order chi connectivity index (χ0) is 10.1. The molecule has 0 N–H and O–H groups in total. The number of nitrogens with zero attached hydrogens (tertiary/aromatic N) is 1. The monoisotopic (exact) mass is 253 g/mol. The maximum atomic E-state index is 13.6. The molecule has 0 fully saturated rings. The van der Waals surface area contributed by atoms with Crippen molar-refractivity contribution in [3.63, 3.8) is 0 Å². The lowest BCUT2D eigenvalue weighted by molar-refractivity contribution is 0.111. The average molecular weight is 254 g/mol. The lowest BCUT2D eigenvalue weighted by Crippen LogP contribution is -1.93. The summed E-state index contributed by atoms with van der Waals surface area (Å²) in [5, 5.41) is 0.669. The number of carbonyl (C=O) groups is 1. The molecule has 2 rings (SSSR count). The van der Waals surface area contributed by atoms with Crippen molar-refractivity contribution in [1.29, 1.82) is 0 Å². The van der Waals surface area contributed by atoms with Crippen LogP contribution in [0.15, 0.2) is 28.9 Å². The van der Waals surface area contributed by atoms with Crippen LogP contribution in [0.3, 0.4) is 0 Å². The third-order valence-corrected chi connectivity index (χ3v) is 2.60. The second-order valence-corrected chi connectivity index (χ2v) is 3.63. The Hall–Kier alpha value is -1.29. The van der Waals surface area contributed by atoms with Crippen molar-refractivity contribution in [3.05, 3.63) is 40.2 Å². The molecular formula is C10H5BrFNO. The van der Waals surface area contributed by atoms with Gasteiger partial charge in [0, 0.05) is 16.1 Å². The Kier molecular flexibility index (Phi) is 2.29. The highest BCUT2D eigenvalue weighted by atomic mass is 79.9. The van der Waals surface area contributed by atoms with Gasteiger partial charge in [0.15, 0.2) is 12.1 Å². The van der Waals surface area contributed by atoms with E-state index in [1.165, 1.54) is 6.20 Å². The summed E-state index contributed by atoms with van der Waals surface area (Å²) < 4.78 is 14.1. The molecule has 4 heteroatoms. The van der Waals surface area contributed by atoms with Crippen molar-refractivity contribution in [2.45, 2.75) is 0 Å². The highest BCUT2D eigenvalue weighted by Crippen LogP contribution is 2.25. The zero-order valence-electron chi connectivity index (χ0n) is 7.00. The molecule has 2 nitrogen and oxygen atoms in total. The number of rotatable bonds is 1. The molecule has 0 spiro atoms. The van der Waals surface area contributed by atoms with E-state index >= 15 is 0 Å². The third-order valence-electron chi connectivity index (χ3n) is 1.94. The fourth-order valence-electron chi connectivity index (χ4n) is 1.27. The number of benzene rings is 1. The number of hydrogen-bond donors (Lipinski definition) is 0. The van der Waals surface area contributed by atoms with Gasteiger partial charge in [0.25, 0.3) is 0 Å². The molecule has 70 valence electrons. The minimum absolute atomic E-state index is 0.0104. The molecule has 0 atom stereocenters. The van der Waals surface area contributed by atoms with Gasteiger partial charge in [-0.2, -0.15) is 0 Å². The van der Waals surface area contributed by atoms with Gasteiger partial charge >= 0.3 is 0 Å². The van der Waals surface area contributed by atoms with Crippen molar-refractivity contribution in [2.75, 3.05) is 0 Å². The Morgan fingerprint density at radius 3 is 3.00 bits per heavy atom. The second kappa shape index (κ2) is 3.46. The molecule has 0 radical (unpaired) electrons. The van der Waals surface area contributed by atoms with Crippen LogP contribution in [0, 0.1) is 5.82 Å². The summed E-state index contributed by atoms with van der Waals surface area (Å²) in [6.45, 7) is 0. The largest absolute Gasteiger partial charge is 0.298 e. The van der Waals surface area contributed by atoms with Crippen LogP contribution in [-0.4, -0.2) is 11.3 Å². The number of pyridine rings is 1. The van der Waals surface area contributed by atoms with Gasteiger partial charge in [-0.1, -0.05) is 6.07 Å². The Labute approximate surface area is 87.9 Å². The van der Waals surface area contributed by atoms with E-state index in [0.29, 0.717) is 16.1 Å². The smallest absolute Gasteiger partial charge is 0.161 e. The summed E-state index contributed by atoms with van der Waals surface area (Å²) in [6.07, 6.45) is 1.97. The first-order valence-electron chi connectivity index (χ1n) is 3.92.